The molecular weight excluding hydrogens is 267 g/mol. The van der Waals surface area contributed by atoms with E-state index < -0.39 is 0 Å². The number of nitrogens with two attached hydrogens (primary N) is 1. The van der Waals surface area contributed by atoms with Crippen LogP contribution in [-0.4, -0.2) is 23.9 Å². The lowest BCUT2D eigenvalue weighted by Crippen LogP contribution is -2.36. The first-order chi connectivity index (χ1) is 9.60. The van der Waals surface area contributed by atoms with Crippen LogP contribution >= 0.6 is 0 Å². The molecule has 0 aliphatic heterocycles. The maximum absolute atomic E-state index is 12.9. The summed E-state index contributed by atoms with van der Waals surface area (Å²) in [6.07, 6.45) is 1.14. The van der Waals surface area contributed by atoms with Crippen molar-refractivity contribution in [1.82, 2.24) is 4.90 Å². The van der Waals surface area contributed by atoms with Gasteiger partial charge in [0.1, 0.15) is 5.82 Å². The van der Waals surface area contributed by atoms with Crippen LogP contribution in [0.5, 0.6) is 0 Å². The monoisotopic (exact) mass is 294 g/mol. The van der Waals surface area contributed by atoms with Crippen molar-refractivity contribution in [1.29, 1.82) is 0 Å². The highest BCUT2D eigenvalue weighted by molar-refractivity contribution is 5.77. The molecule has 1 aromatic rings. The van der Waals surface area contributed by atoms with E-state index in [1.807, 2.05) is 6.92 Å². The van der Waals surface area contributed by atoms with E-state index in [4.69, 9.17) is 5.73 Å². The zero-order valence-electron chi connectivity index (χ0n) is 13.7. The van der Waals surface area contributed by atoms with E-state index in [-0.39, 0.29) is 29.2 Å². The molecule has 1 aromatic carbocycles. The molecule has 118 valence electrons. The van der Waals surface area contributed by atoms with Crippen molar-refractivity contribution in [3.8, 4) is 0 Å². The quantitative estimate of drug-likeness (QED) is 0.903. The van der Waals surface area contributed by atoms with E-state index in [0.29, 0.717) is 6.42 Å². The number of nitrogens with zero attached hydrogens (tertiary/aromatic N) is 1. The molecule has 0 aliphatic carbocycles. The van der Waals surface area contributed by atoms with Crippen LogP contribution in [0.15, 0.2) is 24.3 Å². The first-order valence-corrected chi connectivity index (χ1v) is 7.37. The Morgan fingerprint density at radius 3 is 2.29 bits per heavy atom. The summed E-state index contributed by atoms with van der Waals surface area (Å²) in [4.78, 5) is 14.0. The van der Waals surface area contributed by atoms with Crippen LogP contribution in [0.1, 0.15) is 52.1 Å². The van der Waals surface area contributed by atoms with E-state index >= 15 is 0 Å². The molecule has 1 amide bonds. The summed E-state index contributed by atoms with van der Waals surface area (Å²) in [6, 6.07) is 6.00. The van der Waals surface area contributed by atoms with Gasteiger partial charge in [-0.2, -0.15) is 0 Å². The van der Waals surface area contributed by atoms with Gasteiger partial charge < -0.3 is 10.6 Å². The SMILES string of the molecule is CC(c1ccc(F)cc1)N(C)C(=O)CC(N)CC(C)(C)C. The molecule has 0 aromatic heterocycles. The van der Waals surface area contributed by atoms with Gasteiger partial charge in [0.25, 0.3) is 0 Å². The number of hydrogen-bond acceptors (Lipinski definition) is 2. The van der Waals surface area contributed by atoms with E-state index in [9.17, 15) is 9.18 Å². The Balaban J connectivity index is 2.63. The van der Waals surface area contributed by atoms with Crippen molar-refractivity contribution in [3.05, 3.63) is 35.6 Å². The molecule has 0 radical (unpaired) electrons. The van der Waals surface area contributed by atoms with Crippen LogP contribution in [0.2, 0.25) is 0 Å². The van der Waals surface area contributed by atoms with Gasteiger partial charge in [0.2, 0.25) is 5.91 Å². The predicted molar refractivity (Wildman–Crippen MR) is 84.2 cm³/mol. The Morgan fingerprint density at radius 1 is 1.29 bits per heavy atom. The van der Waals surface area contributed by atoms with E-state index in [1.54, 1.807) is 24.1 Å². The average molecular weight is 294 g/mol. The van der Waals surface area contributed by atoms with E-state index in [0.717, 1.165) is 12.0 Å². The van der Waals surface area contributed by atoms with Crippen LogP contribution in [0.3, 0.4) is 0 Å². The van der Waals surface area contributed by atoms with Crippen LogP contribution in [0.4, 0.5) is 4.39 Å². The highest BCUT2D eigenvalue weighted by Gasteiger charge is 2.22. The fourth-order valence-electron chi connectivity index (χ4n) is 2.41. The molecular formula is C17H27FN2O. The Labute approximate surface area is 127 Å². The molecule has 2 N–H and O–H groups in total. The molecule has 2 atom stereocenters. The molecule has 1 rings (SSSR count). The molecule has 4 heteroatoms. The summed E-state index contributed by atoms with van der Waals surface area (Å²) in [5, 5.41) is 0. The van der Waals surface area contributed by atoms with Gasteiger partial charge in [-0.05, 0) is 36.5 Å². The summed E-state index contributed by atoms with van der Waals surface area (Å²) in [5.74, 6) is -0.254. The highest BCUT2D eigenvalue weighted by Crippen LogP contribution is 2.23. The summed E-state index contributed by atoms with van der Waals surface area (Å²) in [6.45, 7) is 8.27. The number of benzene rings is 1. The first-order valence-electron chi connectivity index (χ1n) is 7.37. The number of amides is 1. The van der Waals surface area contributed by atoms with Crippen molar-refractivity contribution < 1.29 is 9.18 Å². The normalized spacial score (nSPS) is 14.6. The Morgan fingerprint density at radius 2 is 1.81 bits per heavy atom. The fraction of sp³-hybridized carbons (Fsp3) is 0.588. The zero-order chi connectivity index (χ0) is 16.2. The second kappa shape index (κ2) is 7.03. The zero-order valence-corrected chi connectivity index (χ0v) is 13.7. The molecule has 0 fully saturated rings. The second-order valence-corrected chi connectivity index (χ2v) is 6.96. The number of carbonyl (C=O) groups is 1. The number of halogens is 1. The smallest absolute Gasteiger partial charge is 0.224 e. The Bertz CT molecular complexity index is 465. The summed E-state index contributed by atoms with van der Waals surface area (Å²) in [5.41, 5.74) is 7.09. The molecule has 0 spiro atoms. The third-order valence-electron chi connectivity index (χ3n) is 3.64. The van der Waals surface area contributed by atoms with Gasteiger partial charge in [0.15, 0.2) is 0 Å². The van der Waals surface area contributed by atoms with Crippen LogP contribution in [0, 0.1) is 11.2 Å². The lowest BCUT2D eigenvalue weighted by atomic mass is 9.87. The lowest BCUT2D eigenvalue weighted by Gasteiger charge is -2.28. The van der Waals surface area contributed by atoms with Crippen molar-refractivity contribution >= 4 is 5.91 Å². The second-order valence-electron chi connectivity index (χ2n) is 6.96. The maximum Gasteiger partial charge on any atom is 0.224 e. The van der Waals surface area contributed by atoms with Gasteiger partial charge >= 0.3 is 0 Å². The van der Waals surface area contributed by atoms with Gasteiger partial charge in [-0.25, -0.2) is 4.39 Å². The molecule has 21 heavy (non-hydrogen) atoms. The first kappa shape index (κ1) is 17.6. The van der Waals surface area contributed by atoms with Crippen molar-refractivity contribution in [2.75, 3.05) is 7.05 Å². The third kappa shape index (κ3) is 5.84. The van der Waals surface area contributed by atoms with Crippen LogP contribution < -0.4 is 5.73 Å². The standard InChI is InChI=1S/C17H27FN2O/c1-12(13-6-8-14(18)9-7-13)20(5)16(21)10-15(19)11-17(2,3)4/h6-9,12,15H,10-11,19H2,1-5H3. The molecule has 0 saturated heterocycles. The van der Waals surface area contributed by atoms with Crippen molar-refractivity contribution in [2.45, 2.75) is 52.6 Å². The molecule has 0 saturated carbocycles. The summed E-state index contributed by atoms with van der Waals surface area (Å²) in [7, 11) is 1.76. The van der Waals surface area contributed by atoms with Gasteiger partial charge in [-0.15, -0.1) is 0 Å². The maximum atomic E-state index is 12.9. The van der Waals surface area contributed by atoms with Crippen molar-refractivity contribution in [2.24, 2.45) is 11.1 Å². The Hall–Kier alpha value is -1.42. The topological polar surface area (TPSA) is 46.3 Å². The highest BCUT2D eigenvalue weighted by atomic mass is 19.1. The van der Waals surface area contributed by atoms with Gasteiger partial charge in [0, 0.05) is 19.5 Å². The summed E-state index contributed by atoms with van der Waals surface area (Å²) >= 11 is 0. The third-order valence-corrected chi connectivity index (χ3v) is 3.64. The van der Waals surface area contributed by atoms with Gasteiger partial charge in [0.05, 0.1) is 6.04 Å². The minimum atomic E-state index is -0.271. The molecule has 2 unspecified atom stereocenters. The molecule has 0 aliphatic rings. The van der Waals surface area contributed by atoms with E-state index in [2.05, 4.69) is 20.8 Å². The molecule has 0 bridgehead atoms. The minimum Gasteiger partial charge on any atom is -0.339 e. The molecule has 0 heterocycles. The van der Waals surface area contributed by atoms with Crippen LogP contribution in [-0.2, 0) is 4.79 Å². The van der Waals surface area contributed by atoms with E-state index in [1.165, 1.54) is 12.1 Å². The van der Waals surface area contributed by atoms with Crippen molar-refractivity contribution in [3.63, 3.8) is 0 Å². The lowest BCUT2D eigenvalue weighted by molar-refractivity contribution is -0.132. The Kier molecular flexibility index (Phi) is 5.90. The van der Waals surface area contributed by atoms with Gasteiger partial charge in [-0.3, -0.25) is 4.79 Å². The minimum absolute atomic E-state index is 0.0172. The largest absolute Gasteiger partial charge is 0.339 e. The number of carbonyl (C=O) groups excluding carboxylic acids is 1. The number of hydrogen-bond donors (Lipinski definition) is 1. The fourth-order valence-corrected chi connectivity index (χ4v) is 2.41. The van der Waals surface area contributed by atoms with Gasteiger partial charge in [-0.1, -0.05) is 32.9 Å². The average Bonchev–Trinajstić information content (AvgIpc) is 2.35. The summed E-state index contributed by atoms with van der Waals surface area (Å²) < 4.78 is 12.9. The molecule has 3 nitrogen and oxygen atoms in total. The number of rotatable bonds is 5. The predicted octanol–water partition coefficient (Wildman–Crippen LogP) is 3.50. The van der Waals surface area contributed by atoms with Crippen LogP contribution in [0.25, 0.3) is 0 Å².